The maximum atomic E-state index is 12.0. The fraction of sp³-hybridized carbons (Fsp3) is 0.833. The van der Waals surface area contributed by atoms with E-state index in [-0.39, 0.29) is 32.5 Å². The lowest BCUT2D eigenvalue weighted by molar-refractivity contribution is -0.139. The summed E-state index contributed by atoms with van der Waals surface area (Å²) in [7, 11) is 1.35. The van der Waals surface area contributed by atoms with E-state index in [0.29, 0.717) is 6.54 Å². The van der Waals surface area contributed by atoms with Crippen LogP contribution in [0.1, 0.15) is 27.7 Å². The number of carbonyl (C=O) groups excluding carboxylic acids is 2. The van der Waals surface area contributed by atoms with Crippen LogP contribution in [0.15, 0.2) is 0 Å². The zero-order valence-electron chi connectivity index (χ0n) is 11.0. The van der Waals surface area contributed by atoms with Gasteiger partial charge in [0.25, 0.3) is 0 Å². The molecule has 1 saturated carbocycles. The van der Waals surface area contributed by atoms with Crippen LogP contribution in [0, 0.1) is 16.7 Å². The van der Waals surface area contributed by atoms with Crippen LogP contribution in [0.5, 0.6) is 0 Å². The van der Waals surface area contributed by atoms with Crippen molar-refractivity contribution in [1.29, 1.82) is 0 Å². The van der Waals surface area contributed by atoms with E-state index in [1.807, 2.05) is 22.6 Å². The summed E-state index contributed by atoms with van der Waals surface area (Å²) in [6.07, 6.45) is 0. The van der Waals surface area contributed by atoms with Gasteiger partial charge >= 0.3 is 5.97 Å². The van der Waals surface area contributed by atoms with Crippen molar-refractivity contribution in [2.24, 2.45) is 16.7 Å². The van der Waals surface area contributed by atoms with E-state index in [9.17, 15) is 9.59 Å². The molecular formula is C12H20INO3. The van der Waals surface area contributed by atoms with Crippen LogP contribution in [0.2, 0.25) is 0 Å². The Balaban J connectivity index is 2.46. The normalized spacial score (nSPS) is 22.7. The molecule has 1 aliphatic rings. The van der Waals surface area contributed by atoms with Gasteiger partial charge in [-0.3, -0.25) is 9.59 Å². The van der Waals surface area contributed by atoms with Gasteiger partial charge in [-0.1, -0.05) is 50.3 Å². The first kappa shape index (κ1) is 14.7. The largest absolute Gasteiger partial charge is 0.468 e. The summed E-state index contributed by atoms with van der Waals surface area (Å²) >= 11 is 1.97. The zero-order valence-corrected chi connectivity index (χ0v) is 13.1. The van der Waals surface area contributed by atoms with Gasteiger partial charge < -0.3 is 10.1 Å². The third-order valence-electron chi connectivity index (χ3n) is 4.20. The van der Waals surface area contributed by atoms with Crippen molar-refractivity contribution >= 4 is 34.5 Å². The fourth-order valence-corrected chi connectivity index (χ4v) is 2.83. The van der Waals surface area contributed by atoms with Gasteiger partial charge in [-0.05, 0) is 10.8 Å². The lowest BCUT2D eigenvalue weighted by Crippen LogP contribution is -2.35. The predicted octanol–water partition coefficient (Wildman–Crippen LogP) is 1.76. The van der Waals surface area contributed by atoms with Crippen LogP contribution >= 0.6 is 22.6 Å². The second-order valence-electron chi connectivity index (χ2n) is 5.61. The standard InChI is InChI=1S/C12H20INO3/c1-11(2)8(12(11,3)4)9(15)14-6-7(13)10(16)17-5/h7-8H,6H2,1-5H3,(H,14,15). The lowest BCUT2D eigenvalue weighted by Gasteiger charge is -2.10. The minimum atomic E-state index is -0.327. The Bertz CT molecular complexity index is 325. The maximum absolute atomic E-state index is 12.0. The van der Waals surface area contributed by atoms with E-state index < -0.39 is 0 Å². The Morgan fingerprint density at radius 3 is 2.12 bits per heavy atom. The summed E-state index contributed by atoms with van der Waals surface area (Å²) in [5.74, 6) is -0.248. The van der Waals surface area contributed by atoms with Crippen molar-refractivity contribution in [3.05, 3.63) is 0 Å². The van der Waals surface area contributed by atoms with Crippen molar-refractivity contribution in [3.63, 3.8) is 0 Å². The summed E-state index contributed by atoms with van der Waals surface area (Å²) in [5.41, 5.74) is 0.0617. The van der Waals surface area contributed by atoms with Gasteiger partial charge in [-0.2, -0.15) is 0 Å². The Labute approximate surface area is 116 Å². The fourth-order valence-electron chi connectivity index (χ4n) is 2.36. The molecule has 1 unspecified atom stereocenters. The molecule has 0 aromatic carbocycles. The molecule has 0 aromatic rings. The first-order valence-electron chi connectivity index (χ1n) is 5.66. The van der Waals surface area contributed by atoms with Crippen LogP contribution in [-0.4, -0.2) is 29.5 Å². The number of amides is 1. The van der Waals surface area contributed by atoms with Gasteiger partial charge in [0.15, 0.2) is 0 Å². The van der Waals surface area contributed by atoms with Crippen LogP contribution in [0.25, 0.3) is 0 Å². The molecule has 17 heavy (non-hydrogen) atoms. The highest BCUT2D eigenvalue weighted by atomic mass is 127. The molecule has 1 atom stereocenters. The SMILES string of the molecule is COC(=O)C(I)CNC(=O)C1C(C)(C)C1(C)C. The quantitative estimate of drug-likeness (QED) is 0.476. The molecule has 5 heteroatoms. The molecule has 1 rings (SSSR count). The van der Waals surface area contributed by atoms with Crippen molar-refractivity contribution < 1.29 is 14.3 Å². The monoisotopic (exact) mass is 353 g/mol. The Kier molecular flexibility index (Phi) is 4.11. The highest BCUT2D eigenvalue weighted by molar-refractivity contribution is 14.1. The number of hydrogen-bond acceptors (Lipinski definition) is 3. The summed E-state index contributed by atoms with van der Waals surface area (Å²) in [6.45, 7) is 8.71. The Morgan fingerprint density at radius 1 is 1.29 bits per heavy atom. The van der Waals surface area contributed by atoms with Crippen LogP contribution < -0.4 is 5.32 Å². The molecule has 0 saturated heterocycles. The van der Waals surface area contributed by atoms with E-state index >= 15 is 0 Å². The van der Waals surface area contributed by atoms with E-state index in [0.717, 1.165) is 0 Å². The minimum Gasteiger partial charge on any atom is -0.468 e. The summed E-state index contributed by atoms with van der Waals surface area (Å²) in [4.78, 5) is 23.2. The molecule has 0 bridgehead atoms. The number of esters is 1. The van der Waals surface area contributed by atoms with Gasteiger partial charge in [0.05, 0.1) is 7.11 Å². The average molecular weight is 353 g/mol. The number of hydrogen-bond donors (Lipinski definition) is 1. The van der Waals surface area contributed by atoms with Crippen molar-refractivity contribution in [2.45, 2.75) is 31.6 Å². The predicted molar refractivity (Wildman–Crippen MR) is 73.9 cm³/mol. The van der Waals surface area contributed by atoms with Gasteiger partial charge in [0.1, 0.15) is 3.92 Å². The van der Waals surface area contributed by atoms with E-state index in [2.05, 4.69) is 37.7 Å². The Hall–Kier alpha value is -0.330. The molecule has 1 amide bonds. The molecular weight excluding hydrogens is 333 g/mol. The van der Waals surface area contributed by atoms with Crippen LogP contribution in [0.4, 0.5) is 0 Å². The number of halogens is 1. The van der Waals surface area contributed by atoms with E-state index in [4.69, 9.17) is 0 Å². The number of nitrogens with one attached hydrogen (secondary N) is 1. The maximum Gasteiger partial charge on any atom is 0.320 e. The highest BCUT2D eigenvalue weighted by Gasteiger charge is 2.68. The molecule has 1 N–H and O–H groups in total. The van der Waals surface area contributed by atoms with Gasteiger partial charge in [0, 0.05) is 12.5 Å². The van der Waals surface area contributed by atoms with Gasteiger partial charge in [-0.15, -0.1) is 0 Å². The van der Waals surface area contributed by atoms with Crippen molar-refractivity contribution in [1.82, 2.24) is 5.32 Å². The average Bonchev–Trinajstić information content (AvgIpc) is 2.64. The number of rotatable bonds is 4. The highest BCUT2D eigenvalue weighted by Crippen LogP contribution is 2.68. The molecule has 0 heterocycles. The molecule has 0 aromatic heterocycles. The molecule has 0 aliphatic heterocycles. The summed E-state index contributed by atoms with van der Waals surface area (Å²) in [6, 6.07) is 0. The zero-order chi connectivity index (χ0) is 13.4. The van der Waals surface area contributed by atoms with Crippen LogP contribution in [-0.2, 0) is 14.3 Å². The van der Waals surface area contributed by atoms with E-state index in [1.165, 1.54) is 7.11 Å². The second-order valence-corrected chi connectivity index (χ2v) is 7.12. The second kappa shape index (κ2) is 4.74. The molecule has 4 nitrogen and oxygen atoms in total. The van der Waals surface area contributed by atoms with Crippen molar-refractivity contribution in [2.75, 3.05) is 13.7 Å². The molecule has 0 spiro atoms. The lowest BCUT2D eigenvalue weighted by atomic mass is 10.0. The third kappa shape index (κ3) is 2.58. The molecule has 98 valence electrons. The molecule has 1 fully saturated rings. The smallest absolute Gasteiger partial charge is 0.320 e. The number of carbonyl (C=O) groups is 2. The first-order chi connectivity index (χ1) is 7.66. The number of alkyl halides is 1. The summed E-state index contributed by atoms with van der Waals surface area (Å²) in [5, 5.41) is 2.82. The summed E-state index contributed by atoms with van der Waals surface area (Å²) < 4.78 is 4.28. The molecule has 0 radical (unpaired) electrons. The first-order valence-corrected chi connectivity index (χ1v) is 6.90. The molecule has 1 aliphatic carbocycles. The van der Waals surface area contributed by atoms with Crippen LogP contribution in [0.3, 0.4) is 0 Å². The number of ether oxygens (including phenoxy) is 1. The topological polar surface area (TPSA) is 55.4 Å². The van der Waals surface area contributed by atoms with E-state index in [1.54, 1.807) is 0 Å². The third-order valence-corrected chi connectivity index (χ3v) is 5.14. The van der Waals surface area contributed by atoms with Gasteiger partial charge in [-0.25, -0.2) is 0 Å². The minimum absolute atomic E-state index is 0.0243. The van der Waals surface area contributed by atoms with Gasteiger partial charge in [0.2, 0.25) is 5.91 Å². The Morgan fingerprint density at radius 2 is 1.76 bits per heavy atom. The number of methoxy groups -OCH3 is 1. The van der Waals surface area contributed by atoms with Crippen molar-refractivity contribution in [3.8, 4) is 0 Å².